The second kappa shape index (κ2) is 8.19. The molecule has 1 N–H and O–H groups in total. The van der Waals surface area contributed by atoms with Crippen molar-refractivity contribution in [1.82, 2.24) is 19.5 Å². The summed E-state index contributed by atoms with van der Waals surface area (Å²) in [6.45, 7) is 4.67. The van der Waals surface area contributed by atoms with Gasteiger partial charge in [-0.2, -0.15) is 15.0 Å². The maximum atomic E-state index is 13.4. The molecule has 0 aliphatic carbocycles. The van der Waals surface area contributed by atoms with Crippen LogP contribution in [0, 0.1) is 12.7 Å². The molecular weight excluding hydrogens is 413 g/mol. The van der Waals surface area contributed by atoms with Gasteiger partial charge >= 0.3 is 6.01 Å². The van der Waals surface area contributed by atoms with E-state index in [9.17, 15) is 17.6 Å². The van der Waals surface area contributed by atoms with E-state index in [2.05, 4.69) is 19.7 Å². The second-order valence-electron chi connectivity index (χ2n) is 6.84. The van der Waals surface area contributed by atoms with Gasteiger partial charge in [-0.05, 0) is 50.6 Å². The number of sulfonamides is 1. The monoisotopic (exact) mass is 433 g/mol. The molecule has 2 heterocycles. The molecule has 0 fully saturated rings. The first kappa shape index (κ1) is 21.4. The van der Waals surface area contributed by atoms with E-state index in [0.717, 1.165) is 0 Å². The van der Waals surface area contributed by atoms with Gasteiger partial charge in [-0.1, -0.05) is 0 Å². The number of rotatable bonds is 6. The fourth-order valence-electron chi connectivity index (χ4n) is 2.37. The summed E-state index contributed by atoms with van der Waals surface area (Å²) in [6.07, 6.45) is 1.51. The minimum Gasteiger partial charge on any atom is -0.424 e. The fourth-order valence-corrected chi connectivity index (χ4v) is 2.96. The summed E-state index contributed by atoms with van der Waals surface area (Å²) < 4.78 is 47.2. The van der Waals surface area contributed by atoms with Crippen LogP contribution >= 0.6 is 0 Å². The van der Waals surface area contributed by atoms with E-state index >= 15 is 0 Å². The lowest BCUT2D eigenvalue weighted by Gasteiger charge is -2.13. The van der Waals surface area contributed by atoms with Crippen molar-refractivity contribution in [1.29, 1.82) is 0 Å². The van der Waals surface area contributed by atoms with Crippen molar-refractivity contribution in [3.05, 3.63) is 58.3 Å². The summed E-state index contributed by atoms with van der Waals surface area (Å²) in [5.74, 6) is -0.271. The van der Waals surface area contributed by atoms with Crippen LogP contribution in [0.15, 0.2) is 41.3 Å². The molecule has 0 saturated heterocycles. The summed E-state index contributed by atoms with van der Waals surface area (Å²) in [6, 6.07) is 6.57. The summed E-state index contributed by atoms with van der Waals surface area (Å²) in [7, 11) is -2.17. The summed E-state index contributed by atoms with van der Waals surface area (Å²) in [5.41, 5.74) is 0.723. The highest BCUT2D eigenvalue weighted by Crippen LogP contribution is 2.26. The number of hydrogen-bond donors (Lipinski definition) is 1. The maximum Gasteiger partial charge on any atom is 0.327 e. The van der Waals surface area contributed by atoms with Crippen molar-refractivity contribution >= 4 is 16.0 Å². The van der Waals surface area contributed by atoms with Crippen LogP contribution in [0.4, 0.5) is 10.3 Å². The third kappa shape index (κ3) is 4.79. The molecule has 9 nitrogen and oxygen atoms in total. The van der Waals surface area contributed by atoms with Crippen molar-refractivity contribution in [2.75, 3.05) is 4.72 Å². The Labute approximate surface area is 172 Å². The number of hydrogen-bond acceptors (Lipinski definition) is 7. The average molecular weight is 433 g/mol. The Hall–Kier alpha value is -3.34. The molecule has 0 atom stereocenters. The number of aromatic nitrogens is 4. The number of nitrogens with one attached hydrogen (secondary N) is 1. The van der Waals surface area contributed by atoms with Crippen molar-refractivity contribution in [2.24, 2.45) is 7.05 Å². The lowest BCUT2D eigenvalue weighted by molar-refractivity contribution is 0.437. The fraction of sp³-hybridized carbons (Fsp3) is 0.263. The van der Waals surface area contributed by atoms with E-state index in [-0.39, 0.29) is 23.3 Å². The van der Waals surface area contributed by atoms with Crippen molar-refractivity contribution in [3.8, 4) is 23.1 Å². The largest absolute Gasteiger partial charge is 0.424 e. The zero-order valence-corrected chi connectivity index (χ0v) is 17.6. The van der Waals surface area contributed by atoms with Crippen molar-refractivity contribution in [2.45, 2.75) is 26.0 Å². The molecule has 0 saturated carbocycles. The second-order valence-corrected chi connectivity index (χ2v) is 9.08. The number of aryl methyl sites for hydroxylation is 2. The average Bonchev–Trinajstić information content (AvgIpc) is 2.65. The number of halogens is 1. The standard InChI is InChI=1S/C19H20FN5O4S/c1-11(2)30(27,28)24-18-21-17(13-5-8-16(26)25(4)10-13)22-19(23-18)29-15-7-6-14(20)9-12(15)3/h5-11H,1-4H3,(H,21,22,23,24). The van der Waals surface area contributed by atoms with Gasteiger partial charge in [-0.15, -0.1) is 0 Å². The molecule has 3 rings (SSSR count). The van der Waals surface area contributed by atoms with Crippen molar-refractivity contribution < 1.29 is 17.5 Å². The highest BCUT2D eigenvalue weighted by molar-refractivity contribution is 7.93. The van der Waals surface area contributed by atoms with E-state index < -0.39 is 21.1 Å². The molecule has 30 heavy (non-hydrogen) atoms. The van der Waals surface area contributed by atoms with Gasteiger partial charge in [0.05, 0.1) is 5.25 Å². The van der Waals surface area contributed by atoms with E-state index in [4.69, 9.17) is 4.74 Å². The smallest absolute Gasteiger partial charge is 0.327 e. The van der Waals surface area contributed by atoms with Gasteiger partial charge in [0, 0.05) is 24.9 Å². The molecule has 0 bridgehead atoms. The van der Waals surface area contributed by atoms with Crippen LogP contribution in [-0.2, 0) is 17.1 Å². The van der Waals surface area contributed by atoms with Crippen LogP contribution in [-0.4, -0.2) is 33.2 Å². The first-order valence-corrected chi connectivity index (χ1v) is 10.5. The number of ether oxygens (including phenoxy) is 1. The van der Waals surface area contributed by atoms with Crippen LogP contribution in [0.2, 0.25) is 0 Å². The van der Waals surface area contributed by atoms with E-state index in [0.29, 0.717) is 16.9 Å². The quantitative estimate of drug-likeness (QED) is 0.635. The molecule has 11 heteroatoms. The summed E-state index contributed by atoms with van der Waals surface area (Å²) in [4.78, 5) is 24.1. The Morgan fingerprint density at radius 2 is 1.87 bits per heavy atom. The van der Waals surface area contributed by atoms with E-state index in [1.54, 1.807) is 14.0 Å². The van der Waals surface area contributed by atoms with Gasteiger partial charge in [-0.3, -0.25) is 9.52 Å². The molecule has 0 amide bonds. The number of benzene rings is 1. The predicted molar refractivity (Wildman–Crippen MR) is 109 cm³/mol. The number of nitrogens with zero attached hydrogens (tertiary/aromatic N) is 4. The Morgan fingerprint density at radius 1 is 1.13 bits per heavy atom. The SMILES string of the molecule is Cc1cc(F)ccc1Oc1nc(NS(=O)(=O)C(C)C)nc(-c2ccc(=O)n(C)c2)n1. The van der Waals surface area contributed by atoms with Crippen LogP contribution in [0.3, 0.4) is 0 Å². The Balaban J connectivity index is 2.09. The minimum absolute atomic E-state index is 0.0943. The summed E-state index contributed by atoms with van der Waals surface area (Å²) in [5, 5.41) is -0.723. The molecule has 3 aromatic rings. The van der Waals surface area contributed by atoms with Gasteiger partial charge in [0.1, 0.15) is 11.6 Å². The maximum absolute atomic E-state index is 13.4. The Kier molecular flexibility index (Phi) is 5.83. The zero-order chi connectivity index (χ0) is 22.1. The molecule has 0 spiro atoms. The van der Waals surface area contributed by atoms with E-state index in [1.165, 1.54) is 54.9 Å². The van der Waals surface area contributed by atoms with Crippen LogP contribution < -0.4 is 15.0 Å². The number of pyridine rings is 1. The molecule has 1 aromatic carbocycles. The minimum atomic E-state index is -3.73. The highest BCUT2D eigenvalue weighted by Gasteiger charge is 2.20. The zero-order valence-electron chi connectivity index (χ0n) is 16.7. The Morgan fingerprint density at radius 3 is 2.50 bits per heavy atom. The molecule has 158 valence electrons. The third-order valence-corrected chi connectivity index (χ3v) is 5.86. The number of anilines is 1. The Bertz CT molecular complexity index is 1260. The summed E-state index contributed by atoms with van der Waals surface area (Å²) >= 11 is 0. The van der Waals surface area contributed by atoms with Gasteiger partial charge in [-0.25, -0.2) is 12.8 Å². The van der Waals surface area contributed by atoms with Crippen molar-refractivity contribution in [3.63, 3.8) is 0 Å². The van der Waals surface area contributed by atoms with Crippen LogP contribution in [0.1, 0.15) is 19.4 Å². The van der Waals surface area contributed by atoms with Gasteiger partial charge in [0.25, 0.3) is 0 Å². The predicted octanol–water partition coefficient (Wildman–Crippen LogP) is 2.63. The van der Waals surface area contributed by atoms with Crippen LogP contribution in [0.25, 0.3) is 11.4 Å². The highest BCUT2D eigenvalue weighted by atomic mass is 32.2. The van der Waals surface area contributed by atoms with Gasteiger partial charge < -0.3 is 9.30 Å². The molecule has 0 aliphatic heterocycles. The third-order valence-electron chi connectivity index (χ3n) is 4.15. The molecule has 0 radical (unpaired) electrons. The lowest BCUT2D eigenvalue weighted by atomic mass is 10.2. The molecule has 0 aliphatic rings. The molecule has 2 aromatic heterocycles. The topological polar surface area (TPSA) is 116 Å². The molecular formula is C19H20FN5O4S. The van der Waals surface area contributed by atoms with E-state index in [1.807, 2.05) is 0 Å². The molecule has 0 unspecified atom stereocenters. The normalized spacial score (nSPS) is 11.5. The van der Waals surface area contributed by atoms with Crippen LogP contribution in [0.5, 0.6) is 11.8 Å². The van der Waals surface area contributed by atoms with Gasteiger partial charge in [0.15, 0.2) is 5.82 Å². The lowest BCUT2D eigenvalue weighted by Crippen LogP contribution is -2.24. The first-order chi connectivity index (χ1) is 14.0. The van der Waals surface area contributed by atoms with Gasteiger partial charge in [0.2, 0.25) is 21.5 Å². The first-order valence-electron chi connectivity index (χ1n) is 8.94.